The number of hydrogen-bond acceptors (Lipinski definition) is 5. The van der Waals surface area contributed by atoms with E-state index in [1.165, 1.54) is 12.3 Å². The van der Waals surface area contributed by atoms with Crippen molar-refractivity contribution in [3.05, 3.63) is 89.0 Å². The van der Waals surface area contributed by atoms with Gasteiger partial charge in [0.15, 0.2) is 0 Å². The zero-order valence-electron chi connectivity index (χ0n) is 19.7. The molecule has 1 aliphatic heterocycles. The van der Waals surface area contributed by atoms with Crippen molar-refractivity contribution < 1.29 is 23.5 Å². The highest BCUT2D eigenvalue weighted by Gasteiger charge is 2.35. The van der Waals surface area contributed by atoms with Gasteiger partial charge in [-0.3, -0.25) is 9.59 Å². The van der Waals surface area contributed by atoms with Gasteiger partial charge in [0.1, 0.15) is 28.6 Å². The molecular formula is C27H28N2O5. The first-order valence-electron chi connectivity index (χ1n) is 11.0. The van der Waals surface area contributed by atoms with E-state index >= 15 is 0 Å². The Morgan fingerprint density at radius 1 is 1.12 bits per heavy atom. The summed E-state index contributed by atoms with van der Waals surface area (Å²) in [5, 5.41) is 5.80. The Bertz CT molecular complexity index is 1210. The van der Waals surface area contributed by atoms with Gasteiger partial charge >= 0.3 is 0 Å². The Labute approximate surface area is 198 Å². The van der Waals surface area contributed by atoms with E-state index in [2.05, 4.69) is 10.6 Å². The van der Waals surface area contributed by atoms with Crippen LogP contribution in [0.5, 0.6) is 11.5 Å². The number of aryl methyl sites for hydroxylation is 1. The smallest absolute Gasteiger partial charge is 0.268 e. The number of furan rings is 1. The number of methoxy groups -OCH3 is 1. The number of benzene rings is 2. The van der Waals surface area contributed by atoms with Gasteiger partial charge in [0, 0.05) is 23.6 Å². The van der Waals surface area contributed by atoms with Gasteiger partial charge in [-0.15, -0.1) is 0 Å². The topological polar surface area (TPSA) is 89.8 Å². The lowest BCUT2D eigenvalue weighted by atomic mass is 9.89. The highest BCUT2D eigenvalue weighted by molar-refractivity contribution is 6.05. The summed E-state index contributed by atoms with van der Waals surface area (Å²) in [5.74, 6) is 0.993. The Morgan fingerprint density at radius 3 is 2.56 bits per heavy atom. The predicted octanol–water partition coefficient (Wildman–Crippen LogP) is 4.79. The molecule has 7 nitrogen and oxygen atoms in total. The second kappa shape index (κ2) is 9.47. The van der Waals surface area contributed by atoms with Gasteiger partial charge in [-0.05, 0) is 68.8 Å². The van der Waals surface area contributed by atoms with Crippen molar-refractivity contribution in [2.24, 2.45) is 0 Å². The summed E-state index contributed by atoms with van der Waals surface area (Å²) in [5.41, 5.74) is 1.99. The van der Waals surface area contributed by atoms with Gasteiger partial charge < -0.3 is 24.5 Å². The molecule has 7 heteroatoms. The Balaban J connectivity index is 1.60. The molecule has 2 amide bonds. The van der Waals surface area contributed by atoms with E-state index in [4.69, 9.17) is 13.9 Å². The summed E-state index contributed by atoms with van der Waals surface area (Å²) in [6.45, 7) is 5.97. The normalized spacial score (nSPS) is 16.7. The predicted molar refractivity (Wildman–Crippen MR) is 129 cm³/mol. The van der Waals surface area contributed by atoms with Gasteiger partial charge in [-0.2, -0.15) is 0 Å². The summed E-state index contributed by atoms with van der Waals surface area (Å²) in [7, 11) is 1.56. The maximum absolute atomic E-state index is 13.4. The zero-order chi connectivity index (χ0) is 24.3. The minimum atomic E-state index is -0.462. The standard InChI is InChI=1S/C27H28N2O5/c1-17-7-12-21-23(16-27(2,3)34-24(21)14-17)29-26(31)22(15-20-6-5-13-33-20)28-25(30)18-8-10-19(32-4)11-9-18/h5-15,23H,16H2,1-4H3,(H,28,30)(H,29,31)/b22-15-. The highest BCUT2D eigenvalue weighted by Crippen LogP contribution is 2.40. The van der Waals surface area contributed by atoms with Crippen molar-refractivity contribution in [1.29, 1.82) is 0 Å². The van der Waals surface area contributed by atoms with Crippen LogP contribution >= 0.6 is 0 Å². The lowest BCUT2D eigenvalue weighted by Crippen LogP contribution is -2.43. The van der Waals surface area contributed by atoms with E-state index in [-0.39, 0.29) is 11.7 Å². The molecular weight excluding hydrogens is 432 g/mol. The van der Waals surface area contributed by atoms with E-state index in [9.17, 15) is 9.59 Å². The van der Waals surface area contributed by atoms with Gasteiger partial charge in [-0.1, -0.05) is 12.1 Å². The maximum atomic E-state index is 13.4. The second-order valence-corrected chi connectivity index (χ2v) is 8.89. The third-order valence-corrected chi connectivity index (χ3v) is 5.61. The molecule has 0 radical (unpaired) electrons. The van der Waals surface area contributed by atoms with E-state index in [0.717, 1.165) is 16.9 Å². The summed E-state index contributed by atoms with van der Waals surface area (Å²) < 4.78 is 16.7. The van der Waals surface area contributed by atoms with Crippen LogP contribution in [-0.4, -0.2) is 24.5 Å². The monoisotopic (exact) mass is 460 g/mol. The van der Waals surface area contributed by atoms with Crippen LogP contribution in [0.2, 0.25) is 0 Å². The van der Waals surface area contributed by atoms with Crippen molar-refractivity contribution in [2.75, 3.05) is 7.11 Å². The van der Waals surface area contributed by atoms with Crippen molar-refractivity contribution in [2.45, 2.75) is 38.8 Å². The molecule has 1 unspecified atom stereocenters. The molecule has 0 fully saturated rings. The van der Waals surface area contributed by atoms with E-state index in [1.54, 1.807) is 43.5 Å². The number of amides is 2. The molecule has 2 N–H and O–H groups in total. The zero-order valence-corrected chi connectivity index (χ0v) is 19.7. The van der Waals surface area contributed by atoms with E-state index in [1.807, 2.05) is 39.0 Å². The Hall–Kier alpha value is -4.00. The minimum absolute atomic E-state index is 0.0775. The molecule has 176 valence electrons. The molecule has 34 heavy (non-hydrogen) atoms. The van der Waals surface area contributed by atoms with Crippen molar-refractivity contribution in [1.82, 2.24) is 10.6 Å². The average Bonchev–Trinajstić information content (AvgIpc) is 3.30. The number of carbonyl (C=O) groups excluding carboxylic acids is 2. The third-order valence-electron chi connectivity index (χ3n) is 5.61. The van der Waals surface area contributed by atoms with Crippen molar-refractivity contribution >= 4 is 17.9 Å². The first-order chi connectivity index (χ1) is 16.2. The first-order valence-corrected chi connectivity index (χ1v) is 11.0. The summed E-state index contributed by atoms with van der Waals surface area (Å²) >= 11 is 0. The Morgan fingerprint density at radius 2 is 1.88 bits per heavy atom. The first kappa shape index (κ1) is 23.2. The van der Waals surface area contributed by atoms with Gasteiger partial charge in [0.05, 0.1) is 19.4 Å². The Kier molecular flexibility index (Phi) is 6.45. The summed E-state index contributed by atoms with van der Waals surface area (Å²) in [6, 6.07) is 15.7. The fourth-order valence-electron chi connectivity index (χ4n) is 3.93. The molecule has 0 aliphatic carbocycles. The van der Waals surface area contributed by atoms with Gasteiger partial charge in [0.25, 0.3) is 11.8 Å². The number of rotatable bonds is 6. The summed E-state index contributed by atoms with van der Waals surface area (Å²) in [6.07, 6.45) is 3.60. The van der Waals surface area contributed by atoms with Crippen molar-refractivity contribution in [3.63, 3.8) is 0 Å². The van der Waals surface area contributed by atoms with Gasteiger partial charge in [0.2, 0.25) is 0 Å². The minimum Gasteiger partial charge on any atom is -0.497 e. The molecule has 1 aliphatic rings. The summed E-state index contributed by atoms with van der Waals surface area (Å²) in [4.78, 5) is 26.3. The van der Waals surface area contributed by atoms with Crippen LogP contribution in [0.1, 0.15) is 53.6 Å². The van der Waals surface area contributed by atoms with Crippen molar-refractivity contribution in [3.8, 4) is 11.5 Å². The van der Waals surface area contributed by atoms with E-state index in [0.29, 0.717) is 23.5 Å². The molecule has 2 heterocycles. The quantitative estimate of drug-likeness (QED) is 0.517. The third kappa shape index (κ3) is 5.31. The van der Waals surface area contributed by atoms with Crippen LogP contribution < -0.4 is 20.1 Å². The van der Waals surface area contributed by atoms with Gasteiger partial charge in [-0.25, -0.2) is 0 Å². The second-order valence-electron chi connectivity index (χ2n) is 8.89. The van der Waals surface area contributed by atoms with Crippen LogP contribution in [-0.2, 0) is 4.79 Å². The number of fused-ring (bicyclic) bond motifs is 1. The molecule has 2 aromatic carbocycles. The molecule has 1 aromatic heterocycles. The fraction of sp³-hybridized carbons (Fsp3) is 0.259. The average molecular weight is 461 g/mol. The van der Waals surface area contributed by atoms with Crippen LogP contribution in [0.15, 0.2) is 71.0 Å². The molecule has 0 saturated carbocycles. The van der Waals surface area contributed by atoms with Crippen LogP contribution in [0.4, 0.5) is 0 Å². The number of nitrogens with one attached hydrogen (secondary N) is 2. The van der Waals surface area contributed by atoms with Crippen LogP contribution in [0.3, 0.4) is 0 Å². The number of carbonyl (C=O) groups is 2. The van der Waals surface area contributed by atoms with Crippen LogP contribution in [0, 0.1) is 6.92 Å². The SMILES string of the molecule is COc1ccc(C(=O)N/C(=C\c2ccco2)C(=O)NC2CC(C)(C)Oc3cc(C)ccc32)cc1. The number of hydrogen-bond donors (Lipinski definition) is 2. The molecule has 0 bridgehead atoms. The largest absolute Gasteiger partial charge is 0.497 e. The lowest BCUT2D eigenvalue weighted by Gasteiger charge is -2.38. The molecule has 3 aromatic rings. The van der Waals surface area contributed by atoms with Crippen LogP contribution in [0.25, 0.3) is 6.08 Å². The molecule has 4 rings (SSSR count). The van der Waals surface area contributed by atoms with E-state index < -0.39 is 17.4 Å². The highest BCUT2D eigenvalue weighted by atomic mass is 16.5. The maximum Gasteiger partial charge on any atom is 0.268 e. The molecule has 0 saturated heterocycles. The lowest BCUT2D eigenvalue weighted by molar-refractivity contribution is -0.119. The number of ether oxygens (including phenoxy) is 2. The fourth-order valence-corrected chi connectivity index (χ4v) is 3.93. The molecule has 0 spiro atoms. The molecule has 1 atom stereocenters.